The van der Waals surface area contributed by atoms with Crippen LogP contribution in [0.1, 0.15) is 31.7 Å². The second kappa shape index (κ2) is 5.85. The molecule has 2 atom stereocenters. The number of benzene rings is 1. The van der Waals surface area contributed by atoms with E-state index < -0.39 is 11.3 Å². The molecule has 2 amide bonds. The first-order valence-electron chi connectivity index (χ1n) is 6.75. The van der Waals surface area contributed by atoms with Crippen molar-refractivity contribution in [3.63, 3.8) is 0 Å². The number of nitrogens with two attached hydrogens (primary N) is 1. The summed E-state index contributed by atoms with van der Waals surface area (Å²) in [5, 5.41) is 3.95. The van der Waals surface area contributed by atoms with E-state index in [1.165, 1.54) is 0 Å². The molecule has 0 spiro atoms. The third-order valence-corrected chi connectivity index (χ3v) is 4.42. The third-order valence-electron chi connectivity index (χ3n) is 3.86. The number of rotatable bonds is 5. The average Bonchev–Trinajstić information content (AvgIpc) is 3.16. The van der Waals surface area contributed by atoms with Gasteiger partial charge in [0.1, 0.15) is 0 Å². The van der Waals surface area contributed by atoms with Crippen LogP contribution >= 0.6 is 23.2 Å². The molecule has 1 aromatic carbocycles. The van der Waals surface area contributed by atoms with E-state index in [4.69, 9.17) is 28.9 Å². The Bertz CT molecular complexity index is 587. The van der Waals surface area contributed by atoms with Crippen LogP contribution in [0.25, 0.3) is 0 Å². The van der Waals surface area contributed by atoms with Crippen LogP contribution in [0.2, 0.25) is 10.0 Å². The summed E-state index contributed by atoms with van der Waals surface area (Å²) in [6.45, 7) is 3.64. The molecule has 0 aromatic heterocycles. The van der Waals surface area contributed by atoms with Gasteiger partial charge in [0.2, 0.25) is 11.8 Å². The van der Waals surface area contributed by atoms with Gasteiger partial charge >= 0.3 is 0 Å². The number of hydrogen-bond donors (Lipinski definition) is 2. The fourth-order valence-electron chi connectivity index (χ4n) is 2.16. The van der Waals surface area contributed by atoms with Crippen LogP contribution in [0, 0.1) is 11.3 Å². The predicted octanol–water partition coefficient (Wildman–Crippen LogP) is 2.72. The minimum Gasteiger partial charge on any atom is -0.369 e. The highest BCUT2D eigenvalue weighted by molar-refractivity contribution is 6.35. The molecule has 0 heterocycles. The van der Waals surface area contributed by atoms with Crippen molar-refractivity contribution in [2.75, 3.05) is 6.54 Å². The van der Waals surface area contributed by atoms with Crippen molar-refractivity contribution in [2.45, 2.75) is 26.2 Å². The lowest BCUT2D eigenvalue weighted by atomic mass is 9.92. The molecule has 1 fully saturated rings. The van der Waals surface area contributed by atoms with E-state index in [0.717, 1.165) is 12.0 Å². The molecule has 1 aliphatic carbocycles. The van der Waals surface area contributed by atoms with Crippen molar-refractivity contribution in [2.24, 2.45) is 17.1 Å². The molecule has 21 heavy (non-hydrogen) atoms. The SMILES string of the molecule is CC(C)(CNC(=O)[C@H]1C[C@@H]1c1ccc(Cl)cc1Cl)C(N)=O. The first kappa shape index (κ1) is 16.1. The van der Waals surface area contributed by atoms with Crippen molar-refractivity contribution in [1.82, 2.24) is 5.32 Å². The van der Waals surface area contributed by atoms with Gasteiger partial charge in [0.05, 0.1) is 5.41 Å². The molecule has 4 nitrogen and oxygen atoms in total. The van der Waals surface area contributed by atoms with Crippen LogP contribution in [-0.4, -0.2) is 18.4 Å². The Balaban J connectivity index is 1.94. The lowest BCUT2D eigenvalue weighted by Crippen LogP contribution is -2.42. The maximum atomic E-state index is 12.1. The minimum absolute atomic E-state index is 0.0691. The summed E-state index contributed by atoms with van der Waals surface area (Å²) in [4.78, 5) is 23.3. The van der Waals surface area contributed by atoms with Crippen molar-refractivity contribution in [1.29, 1.82) is 0 Å². The molecule has 0 saturated heterocycles. The highest BCUT2D eigenvalue weighted by Crippen LogP contribution is 2.50. The first-order valence-corrected chi connectivity index (χ1v) is 7.50. The topological polar surface area (TPSA) is 72.2 Å². The summed E-state index contributed by atoms with van der Waals surface area (Å²) in [6.07, 6.45) is 0.754. The Morgan fingerprint density at radius 1 is 1.38 bits per heavy atom. The minimum atomic E-state index is -0.752. The van der Waals surface area contributed by atoms with Gasteiger partial charge in [0.15, 0.2) is 0 Å². The van der Waals surface area contributed by atoms with Gasteiger partial charge in [-0.25, -0.2) is 0 Å². The molecule has 2 rings (SSSR count). The van der Waals surface area contributed by atoms with E-state index in [1.807, 2.05) is 6.07 Å². The molecule has 0 bridgehead atoms. The van der Waals surface area contributed by atoms with Crippen molar-refractivity contribution in [3.8, 4) is 0 Å². The van der Waals surface area contributed by atoms with Gasteiger partial charge in [-0.2, -0.15) is 0 Å². The molecule has 1 saturated carbocycles. The van der Waals surface area contributed by atoms with Gasteiger partial charge in [0.25, 0.3) is 0 Å². The summed E-state index contributed by atoms with van der Waals surface area (Å²) in [5.74, 6) is -0.491. The number of amides is 2. The number of carbonyl (C=O) groups is 2. The van der Waals surface area contributed by atoms with E-state index in [1.54, 1.807) is 26.0 Å². The van der Waals surface area contributed by atoms with Gasteiger partial charge in [-0.05, 0) is 43.9 Å². The summed E-state index contributed by atoms with van der Waals surface area (Å²) in [7, 11) is 0. The molecule has 1 aromatic rings. The second-order valence-corrected chi connectivity index (χ2v) is 6.92. The zero-order valence-corrected chi connectivity index (χ0v) is 13.5. The smallest absolute Gasteiger partial charge is 0.224 e. The van der Waals surface area contributed by atoms with Crippen LogP contribution in [-0.2, 0) is 9.59 Å². The summed E-state index contributed by atoms with van der Waals surface area (Å²) < 4.78 is 0. The van der Waals surface area contributed by atoms with E-state index in [0.29, 0.717) is 10.0 Å². The maximum Gasteiger partial charge on any atom is 0.224 e. The molecule has 1 aliphatic rings. The van der Waals surface area contributed by atoms with Gasteiger partial charge < -0.3 is 11.1 Å². The Morgan fingerprint density at radius 3 is 2.62 bits per heavy atom. The fraction of sp³-hybridized carbons (Fsp3) is 0.467. The molecule has 0 radical (unpaired) electrons. The quantitative estimate of drug-likeness (QED) is 0.872. The monoisotopic (exact) mass is 328 g/mol. The van der Waals surface area contributed by atoms with Gasteiger partial charge in [-0.1, -0.05) is 29.3 Å². The molecule has 114 valence electrons. The summed E-state index contributed by atoms with van der Waals surface area (Å²) in [6, 6.07) is 5.31. The Morgan fingerprint density at radius 2 is 2.05 bits per heavy atom. The van der Waals surface area contributed by atoms with Crippen molar-refractivity contribution in [3.05, 3.63) is 33.8 Å². The second-order valence-electron chi connectivity index (χ2n) is 6.08. The Hall–Kier alpha value is -1.26. The predicted molar refractivity (Wildman–Crippen MR) is 83.3 cm³/mol. The van der Waals surface area contributed by atoms with Gasteiger partial charge in [-0.15, -0.1) is 0 Å². The van der Waals surface area contributed by atoms with E-state index >= 15 is 0 Å². The molecule has 0 aliphatic heterocycles. The zero-order valence-electron chi connectivity index (χ0n) is 12.0. The number of halogens is 2. The van der Waals surface area contributed by atoms with Crippen LogP contribution in [0.15, 0.2) is 18.2 Å². The highest BCUT2D eigenvalue weighted by atomic mass is 35.5. The number of hydrogen-bond acceptors (Lipinski definition) is 2. The standard InChI is InChI=1S/C15H18Cl2N2O2/c1-15(2,14(18)21)7-19-13(20)11-6-10(11)9-4-3-8(16)5-12(9)17/h3-5,10-11H,6-7H2,1-2H3,(H2,18,21)(H,19,20)/t10-,11+/m1/s1. The fourth-order valence-corrected chi connectivity index (χ4v) is 2.71. The Labute approximate surface area is 134 Å². The largest absolute Gasteiger partial charge is 0.369 e. The van der Waals surface area contributed by atoms with E-state index in [2.05, 4.69) is 5.32 Å². The summed E-state index contributed by atoms with van der Waals surface area (Å²) in [5.41, 5.74) is 5.47. The summed E-state index contributed by atoms with van der Waals surface area (Å²) >= 11 is 12.0. The molecule has 0 unspecified atom stereocenters. The van der Waals surface area contributed by atoms with E-state index in [-0.39, 0.29) is 24.3 Å². The van der Waals surface area contributed by atoms with Crippen LogP contribution in [0.3, 0.4) is 0 Å². The lowest BCUT2D eigenvalue weighted by Gasteiger charge is -2.20. The number of nitrogens with one attached hydrogen (secondary N) is 1. The van der Waals surface area contributed by atoms with Crippen molar-refractivity contribution >= 4 is 35.0 Å². The van der Waals surface area contributed by atoms with Crippen LogP contribution in [0.5, 0.6) is 0 Å². The number of primary amides is 1. The third kappa shape index (κ3) is 3.69. The zero-order chi connectivity index (χ0) is 15.8. The Kier molecular flexibility index (Phi) is 4.49. The molecular formula is C15H18Cl2N2O2. The molecular weight excluding hydrogens is 311 g/mol. The molecule has 3 N–H and O–H groups in total. The van der Waals surface area contributed by atoms with E-state index in [9.17, 15) is 9.59 Å². The van der Waals surface area contributed by atoms with Gasteiger partial charge in [0, 0.05) is 22.5 Å². The van der Waals surface area contributed by atoms with Crippen LogP contribution in [0.4, 0.5) is 0 Å². The van der Waals surface area contributed by atoms with Crippen molar-refractivity contribution < 1.29 is 9.59 Å². The average molecular weight is 329 g/mol. The van der Waals surface area contributed by atoms with Gasteiger partial charge in [-0.3, -0.25) is 9.59 Å². The first-order chi connectivity index (χ1) is 9.72. The van der Waals surface area contributed by atoms with Crippen LogP contribution < -0.4 is 11.1 Å². The maximum absolute atomic E-state index is 12.1. The molecule has 6 heteroatoms. The normalized spacial score (nSPS) is 21.0. The highest BCUT2D eigenvalue weighted by Gasteiger charge is 2.45. The lowest BCUT2D eigenvalue weighted by molar-refractivity contribution is -0.127. The number of carbonyl (C=O) groups excluding carboxylic acids is 2.